The molecular formula is C21H14F8N4O4S. The molecular weight excluding hydrogens is 556 g/mol. The molecule has 2 aromatic heterocycles. The van der Waals surface area contributed by atoms with Crippen molar-refractivity contribution in [1.82, 2.24) is 20.3 Å². The van der Waals surface area contributed by atoms with Gasteiger partial charge in [0.05, 0.1) is 34.1 Å². The average molecular weight is 570 g/mol. The standard InChI is InChI=1S/C21H14F8N4O4S/c1-10(16-17(31-5-4-30-16)15-3-2-13(9-32-15)37-19(22)23)33-18(34)11-6-12(20(24,25)26)8-14(7-11)38(35,36)21(27,28)29/h2-10,19H,1H3,(H,33,34). The van der Waals surface area contributed by atoms with Gasteiger partial charge in [-0.1, -0.05) is 0 Å². The molecule has 0 saturated heterocycles. The van der Waals surface area contributed by atoms with Gasteiger partial charge in [0.15, 0.2) is 0 Å². The number of hydrogen-bond donors (Lipinski definition) is 1. The number of amides is 1. The van der Waals surface area contributed by atoms with E-state index in [0.29, 0.717) is 0 Å². The first kappa shape index (κ1) is 28.7. The first-order valence-corrected chi connectivity index (χ1v) is 11.6. The lowest BCUT2D eigenvalue weighted by Gasteiger charge is -2.18. The topological polar surface area (TPSA) is 111 Å². The summed E-state index contributed by atoms with van der Waals surface area (Å²) in [6.45, 7) is -1.80. The molecule has 0 fully saturated rings. The lowest BCUT2D eigenvalue weighted by atomic mass is 10.1. The van der Waals surface area contributed by atoms with E-state index in [4.69, 9.17) is 0 Å². The molecule has 0 bridgehead atoms. The molecule has 0 aliphatic rings. The molecule has 1 N–H and O–H groups in total. The highest BCUT2D eigenvalue weighted by Gasteiger charge is 2.48. The second kappa shape index (κ2) is 10.5. The lowest BCUT2D eigenvalue weighted by molar-refractivity contribution is -0.137. The van der Waals surface area contributed by atoms with Crippen LogP contribution in [0, 0.1) is 0 Å². The monoisotopic (exact) mass is 570 g/mol. The Kier molecular flexibility index (Phi) is 7.90. The summed E-state index contributed by atoms with van der Waals surface area (Å²) in [4.78, 5) is 22.9. The van der Waals surface area contributed by atoms with Crippen molar-refractivity contribution < 1.29 is 53.1 Å². The summed E-state index contributed by atoms with van der Waals surface area (Å²) in [7, 11) is -6.22. The minimum absolute atomic E-state index is 0.00834. The van der Waals surface area contributed by atoms with E-state index in [0.717, 1.165) is 12.3 Å². The van der Waals surface area contributed by atoms with E-state index in [1.165, 1.54) is 25.4 Å². The Bertz CT molecular complexity index is 1430. The number of aromatic nitrogens is 3. The largest absolute Gasteiger partial charge is 0.501 e. The predicted molar refractivity (Wildman–Crippen MR) is 112 cm³/mol. The highest BCUT2D eigenvalue weighted by atomic mass is 32.2. The Labute approximate surface area is 208 Å². The Morgan fingerprint density at radius 2 is 1.63 bits per heavy atom. The van der Waals surface area contributed by atoms with Gasteiger partial charge in [-0.3, -0.25) is 19.7 Å². The van der Waals surface area contributed by atoms with Crippen molar-refractivity contribution in [3.8, 4) is 17.1 Å². The predicted octanol–water partition coefficient (Wildman–Crippen LogP) is 4.94. The zero-order valence-electron chi connectivity index (χ0n) is 18.7. The number of sulfone groups is 1. The molecule has 17 heteroatoms. The van der Waals surface area contributed by atoms with Crippen LogP contribution in [0.2, 0.25) is 0 Å². The first-order chi connectivity index (χ1) is 17.5. The maximum atomic E-state index is 13.3. The van der Waals surface area contributed by atoms with Crippen molar-refractivity contribution >= 4 is 15.7 Å². The van der Waals surface area contributed by atoms with E-state index >= 15 is 0 Å². The molecule has 1 aromatic carbocycles. The lowest BCUT2D eigenvalue weighted by Crippen LogP contribution is -2.29. The molecule has 1 atom stereocenters. The summed E-state index contributed by atoms with van der Waals surface area (Å²) in [5.74, 6) is -1.63. The molecule has 38 heavy (non-hydrogen) atoms. The number of carbonyl (C=O) groups is 1. The van der Waals surface area contributed by atoms with Crippen LogP contribution in [-0.4, -0.2) is 41.4 Å². The fourth-order valence-electron chi connectivity index (χ4n) is 3.09. The van der Waals surface area contributed by atoms with Gasteiger partial charge in [-0.15, -0.1) is 0 Å². The molecule has 8 nitrogen and oxygen atoms in total. The van der Waals surface area contributed by atoms with Gasteiger partial charge >= 0.3 is 18.3 Å². The Hall–Kier alpha value is -3.89. The number of ether oxygens (including phenoxy) is 1. The normalized spacial score (nSPS) is 13.3. The van der Waals surface area contributed by atoms with E-state index in [2.05, 4.69) is 25.0 Å². The third kappa shape index (κ3) is 6.32. The maximum Gasteiger partial charge on any atom is 0.501 e. The molecule has 0 radical (unpaired) electrons. The van der Waals surface area contributed by atoms with E-state index in [1.54, 1.807) is 0 Å². The number of rotatable bonds is 7. The minimum atomic E-state index is -6.22. The number of alkyl halides is 8. The highest BCUT2D eigenvalue weighted by Crippen LogP contribution is 2.36. The van der Waals surface area contributed by atoms with E-state index in [9.17, 15) is 48.3 Å². The van der Waals surface area contributed by atoms with Gasteiger partial charge in [0.2, 0.25) is 0 Å². The van der Waals surface area contributed by atoms with Crippen molar-refractivity contribution in [3.05, 3.63) is 65.7 Å². The van der Waals surface area contributed by atoms with Crippen LogP contribution in [0.25, 0.3) is 11.4 Å². The molecule has 3 rings (SSSR count). The number of carbonyl (C=O) groups excluding carboxylic acids is 1. The molecule has 2 heterocycles. The fraction of sp³-hybridized carbons (Fsp3) is 0.238. The van der Waals surface area contributed by atoms with Gasteiger partial charge < -0.3 is 10.1 Å². The summed E-state index contributed by atoms with van der Waals surface area (Å²) in [5.41, 5.74) is -8.65. The minimum Gasteiger partial charge on any atom is -0.433 e. The van der Waals surface area contributed by atoms with Crippen LogP contribution in [0.15, 0.2) is 53.8 Å². The van der Waals surface area contributed by atoms with Crippen LogP contribution in [0.4, 0.5) is 35.1 Å². The van der Waals surface area contributed by atoms with Crippen LogP contribution in [0.1, 0.15) is 34.6 Å². The van der Waals surface area contributed by atoms with Crippen molar-refractivity contribution in [2.24, 2.45) is 0 Å². The molecule has 1 amide bonds. The fourth-order valence-corrected chi connectivity index (χ4v) is 3.92. The molecule has 0 saturated carbocycles. The van der Waals surface area contributed by atoms with Gasteiger partial charge in [-0.2, -0.15) is 35.1 Å². The number of hydrogen-bond acceptors (Lipinski definition) is 7. The van der Waals surface area contributed by atoms with Crippen molar-refractivity contribution in [2.75, 3.05) is 0 Å². The number of benzene rings is 1. The zero-order chi connectivity index (χ0) is 28.5. The van der Waals surface area contributed by atoms with Gasteiger partial charge in [0.25, 0.3) is 15.7 Å². The van der Waals surface area contributed by atoms with Crippen LogP contribution in [0.5, 0.6) is 5.75 Å². The van der Waals surface area contributed by atoms with Gasteiger partial charge in [-0.05, 0) is 37.3 Å². The number of nitrogens with zero attached hydrogens (tertiary/aromatic N) is 3. The Morgan fingerprint density at radius 1 is 0.974 bits per heavy atom. The zero-order valence-corrected chi connectivity index (χ0v) is 19.5. The summed E-state index contributed by atoms with van der Waals surface area (Å²) < 4.78 is 131. The summed E-state index contributed by atoms with van der Waals surface area (Å²) in [6, 6.07) is 1.36. The summed E-state index contributed by atoms with van der Waals surface area (Å²) in [6.07, 6.45) is -1.91. The second-order valence-corrected chi connectivity index (χ2v) is 9.38. The first-order valence-electron chi connectivity index (χ1n) is 10.1. The van der Waals surface area contributed by atoms with Crippen LogP contribution < -0.4 is 10.1 Å². The van der Waals surface area contributed by atoms with Crippen molar-refractivity contribution in [2.45, 2.75) is 36.2 Å². The van der Waals surface area contributed by atoms with E-state index in [-0.39, 0.29) is 41.0 Å². The van der Waals surface area contributed by atoms with E-state index in [1.807, 2.05) is 0 Å². The van der Waals surface area contributed by atoms with Crippen LogP contribution in [0.3, 0.4) is 0 Å². The van der Waals surface area contributed by atoms with E-state index < -0.39 is 56.1 Å². The molecule has 0 aliphatic carbocycles. The van der Waals surface area contributed by atoms with Crippen LogP contribution in [-0.2, 0) is 16.0 Å². The van der Waals surface area contributed by atoms with Gasteiger partial charge in [0.1, 0.15) is 11.4 Å². The molecule has 1 unspecified atom stereocenters. The summed E-state index contributed by atoms with van der Waals surface area (Å²) >= 11 is 0. The molecule has 204 valence electrons. The highest BCUT2D eigenvalue weighted by molar-refractivity contribution is 7.92. The van der Waals surface area contributed by atoms with Gasteiger partial charge in [-0.25, -0.2) is 8.42 Å². The second-order valence-electron chi connectivity index (χ2n) is 7.44. The average Bonchev–Trinajstić information content (AvgIpc) is 2.82. The number of pyridine rings is 1. The van der Waals surface area contributed by atoms with Gasteiger partial charge in [0, 0.05) is 18.0 Å². The number of nitrogens with one attached hydrogen (secondary N) is 1. The third-order valence-electron chi connectivity index (χ3n) is 4.80. The summed E-state index contributed by atoms with van der Waals surface area (Å²) in [5, 5.41) is 2.22. The molecule has 0 aliphatic heterocycles. The molecule has 0 spiro atoms. The maximum absolute atomic E-state index is 13.3. The third-order valence-corrected chi connectivity index (χ3v) is 6.27. The van der Waals surface area contributed by atoms with Crippen molar-refractivity contribution in [3.63, 3.8) is 0 Å². The Balaban J connectivity index is 1.96. The molecule has 3 aromatic rings. The quantitative estimate of drug-likeness (QED) is 0.401. The SMILES string of the molecule is CC(NC(=O)c1cc(C(F)(F)F)cc(S(=O)(=O)C(F)(F)F)c1)c1nccnc1-c1ccc(OC(F)F)cn1. The smallest absolute Gasteiger partial charge is 0.433 e. The van der Waals surface area contributed by atoms with Crippen LogP contribution >= 0.6 is 0 Å². The Morgan fingerprint density at radius 3 is 2.18 bits per heavy atom. The number of halogens is 8. The van der Waals surface area contributed by atoms with Crippen molar-refractivity contribution in [1.29, 1.82) is 0 Å².